The number of carbonyl (C=O) groups excluding carboxylic acids is 1. The van der Waals surface area contributed by atoms with Crippen LogP contribution in [0.4, 0.5) is 5.82 Å². The number of anilines is 1. The number of nitrogens with one attached hydrogen (secondary N) is 1. The average Bonchev–Trinajstić information content (AvgIpc) is 2.27. The molecule has 0 fully saturated rings. The van der Waals surface area contributed by atoms with Crippen molar-refractivity contribution in [3.63, 3.8) is 0 Å². The van der Waals surface area contributed by atoms with E-state index >= 15 is 0 Å². The molecule has 1 heterocycles. The van der Waals surface area contributed by atoms with Gasteiger partial charge in [-0.2, -0.15) is 0 Å². The van der Waals surface area contributed by atoms with E-state index in [0.717, 1.165) is 6.26 Å². The number of methoxy groups -OCH3 is 1. The summed E-state index contributed by atoms with van der Waals surface area (Å²) in [6.45, 7) is 0.194. The summed E-state index contributed by atoms with van der Waals surface area (Å²) in [4.78, 5) is 15.3. The van der Waals surface area contributed by atoms with Gasteiger partial charge in [-0.05, 0) is 12.1 Å². The minimum Gasteiger partial charge on any atom is -0.465 e. The Labute approximate surface area is 99.9 Å². The highest BCUT2D eigenvalue weighted by molar-refractivity contribution is 7.90. The topological polar surface area (TPSA) is 85.4 Å². The number of carbonyl (C=O) groups is 1. The summed E-state index contributed by atoms with van der Waals surface area (Å²) in [5, 5.41) is 2.79. The Morgan fingerprint density at radius 3 is 2.82 bits per heavy atom. The van der Waals surface area contributed by atoms with E-state index in [1.54, 1.807) is 12.1 Å². The molecule has 0 aliphatic carbocycles. The van der Waals surface area contributed by atoms with Gasteiger partial charge in [0.15, 0.2) is 0 Å². The summed E-state index contributed by atoms with van der Waals surface area (Å²) in [7, 11) is -1.77. The third-order valence-corrected chi connectivity index (χ3v) is 2.92. The zero-order valence-corrected chi connectivity index (χ0v) is 10.5. The largest absolute Gasteiger partial charge is 0.465 e. The van der Waals surface area contributed by atoms with Crippen molar-refractivity contribution in [3.05, 3.63) is 23.9 Å². The minimum absolute atomic E-state index is 0.0236. The lowest BCUT2D eigenvalue weighted by Crippen LogP contribution is -2.17. The molecule has 1 rings (SSSR count). The van der Waals surface area contributed by atoms with Gasteiger partial charge in [-0.15, -0.1) is 0 Å². The van der Waals surface area contributed by atoms with E-state index in [2.05, 4.69) is 15.0 Å². The van der Waals surface area contributed by atoms with Crippen molar-refractivity contribution < 1.29 is 17.9 Å². The SMILES string of the molecule is COC(=O)c1cccnc1NCCS(C)(=O)=O. The molecule has 0 saturated heterocycles. The van der Waals surface area contributed by atoms with Crippen molar-refractivity contribution in [2.75, 3.05) is 31.0 Å². The van der Waals surface area contributed by atoms with Gasteiger partial charge in [-0.1, -0.05) is 0 Å². The van der Waals surface area contributed by atoms with Crippen LogP contribution in [0.5, 0.6) is 0 Å². The Morgan fingerprint density at radius 1 is 1.53 bits per heavy atom. The van der Waals surface area contributed by atoms with Crippen LogP contribution in [0, 0.1) is 0 Å². The van der Waals surface area contributed by atoms with E-state index in [1.807, 2.05) is 0 Å². The molecule has 94 valence electrons. The third-order valence-electron chi connectivity index (χ3n) is 1.98. The fourth-order valence-corrected chi connectivity index (χ4v) is 1.65. The third kappa shape index (κ3) is 4.39. The molecule has 0 atom stereocenters. The van der Waals surface area contributed by atoms with Gasteiger partial charge in [0.25, 0.3) is 0 Å². The van der Waals surface area contributed by atoms with Gasteiger partial charge in [-0.25, -0.2) is 18.2 Å². The molecular formula is C10H14N2O4S. The van der Waals surface area contributed by atoms with Gasteiger partial charge in [0.2, 0.25) is 0 Å². The average molecular weight is 258 g/mol. The second-order valence-electron chi connectivity index (χ2n) is 3.45. The summed E-state index contributed by atoms with van der Waals surface area (Å²) in [6, 6.07) is 3.16. The lowest BCUT2D eigenvalue weighted by Gasteiger charge is -2.08. The van der Waals surface area contributed by atoms with Crippen molar-refractivity contribution in [1.29, 1.82) is 0 Å². The first kappa shape index (κ1) is 13.4. The van der Waals surface area contributed by atoms with Crippen LogP contribution < -0.4 is 5.32 Å². The van der Waals surface area contributed by atoms with Crippen LogP contribution in [0.3, 0.4) is 0 Å². The lowest BCUT2D eigenvalue weighted by molar-refractivity contribution is 0.0601. The van der Waals surface area contributed by atoms with Gasteiger partial charge in [0.05, 0.1) is 12.9 Å². The number of sulfone groups is 1. The van der Waals surface area contributed by atoms with Crippen LogP contribution in [0.25, 0.3) is 0 Å². The molecule has 7 heteroatoms. The molecule has 0 aliphatic rings. The Morgan fingerprint density at radius 2 is 2.24 bits per heavy atom. The predicted molar refractivity (Wildman–Crippen MR) is 63.8 cm³/mol. The molecule has 0 unspecified atom stereocenters. The van der Waals surface area contributed by atoms with Crippen LogP contribution in [-0.4, -0.2) is 45.0 Å². The lowest BCUT2D eigenvalue weighted by atomic mass is 10.2. The van der Waals surface area contributed by atoms with Gasteiger partial charge < -0.3 is 10.1 Å². The highest BCUT2D eigenvalue weighted by atomic mass is 32.2. The molecule has 0 aliphatic heterocycles. The normalized spacial score (nSPS) is 10.9. The quantitative estimate of drug-likeness (QED) is 0.766. The Balaban J connectivity index is 2.74. The summed E-state index contributed by atoms with van der Waals surface area (Å²) in [5.74, 6) is -0.215. The molecule has 17 heavy (non-hydrogen) atoms. The first-order valence-electron chi connectivity index (χ1n) is 4.89. The predicted octanol–water partition coefficient (Wildman–Crippen LogP) is 0.325. The van der Waals surface area contributed by atoms with Gasteiger partial charge in [0, 0.05) is 19.0 Å². The number of ether oxygens (including phenoxy) is 1. The second-order valence-corrected chi connectivity index (χ2v) is 5.71. The first-order valence-corrected chi connectivity index (χ1v) is 6.95. The van der Waals surface area contributed by atoms with Gasteiger partial charge in [0.1, 0.15) is 21.2 Å². The number of aromatic nitrogens is 1. The fraction of sp³-hybridized carbons (Fsp3) is 0.400. The van der Waals surface area contributed by atoms with E-state index in [9.17, 15) is 13.2 Å². The highest BCUT2D eigenvalue weighted by Crippen LogP contribution is 2.12. The number of hydrogen-bond donors (Lipinski definition) is 1. The molecule has 0 spiro atoms. The maximum atomic E-state index is 11.4. The number of esters is 1. The van der Waals surface area contributed by atoms with Crippen molar-refractivity contribution in [1.82, 2.24) is 4.98 Å². The number of pyridine rings is 1. The minimum atomic E-state index is -3.04. The summed E-state index contributed by atoms with van der Waals surface area (Å²) in [5.41, 5.74) is 0.281. The molecule has 0 bridgehead atoms. The number of rotatable bonds is 5. The van der Waals surface area contributed by atoms with E-state index in [0.29, 0.717) is 5.82 Å². The zero-order chi connectivity index (χ0) is 12.9. The summed E-state index contributed by atoms with van der Waals surface area (Å²) in [6.07, 6.45) is 2.66. The molecule has 0 aromatic carbocycles. The smallest absolute Gasteiger partial charge is 0.341 e. The van der Waals surface area contributed by atoms with E-state index in [4.69, 9.17) is 0 Å². The molecule has 1 N–H and O–H groups in total. The Kier molecular flexibility index (Phi) is 4.45. The molecule has 0 radical (unpaired) electrons. The van der Waals surface area contributed by atoms with Crippen LogP contribution in [-0.2, 0) is 14.6 Å². The van der Waals surface area contributed by atoms with Crippen molar-refractivity contribution >= 4 is 21.6 Å². The van der Waals surface area contributed by atoms with E-state index in [1.165, 1.54) is 13.3 Å². The maximum Gasteiger partial charge on any atom is 0.341 e. The zero-order valence-electron chi connectivity index (χ0n) is 9.63. The Hall–Kier alpha value is -1.63. The summed E-state index contributed by atoms with van der Waals surface area (Å²) >= 11 is 0. The number of hydrogen-bond acceptors (Lipinski definition) is 6. The second kappa shape index (κ2) is 5.62. The van der Waals surface area contributed by atoms with Crippen molar-refractivity contribution in [3.8, 4) is 0 Å². The maximum absolute atomic E-state index is 11.4. The van der Waals surface area contributed by atoms with Crippen molar-refractivity contribution in [2.24, 2.45) is 0 Å². The Bertz CT molecular complexity index is 499. The van der Waals surface area contributed by atoms with E-state index < -0.39 is 15.8 Å². The molecule has 1 aromatic heterocycles. The monoisotopic (exact) mass is 258 g/mol. The number of nitrogens with zero attached hydrogens (tertiary/aromatic N) is 1. The van der Waals surface area contributed by atoms with Crippen LogP contribution in [0.2, 0.25) is 0 Å². The first-order chi connectivity index (χ1) is 7.94. The van der Waals surface area contributed by atoms with Gasteiger partial charge >= 0.3 is 5.97 Å². The van der Waals surface area contributed by atoms with Crippen LogP contribution in [0.1, 0.15) is 10.4 Å². The van der Waals surface area contributed by atoms with Gasteiger partial charge in [-0.3, -0.25) is 0 Å². The molecule has 0 saturated carbocycles. The summed E-state index contributed by atoms with van der Waals surface area (Å²) < 4.78 is 26.5. The van der Waals surface area contributed by atoms with Crippen LogP contribution >= 0.6 is 0 Å². The van der Waals surface area contributed by atoms with Crippen molar-refractivity contribution in [2.45, 2.75) is 0 Å². The molecule has 0 amide bonds. The fourth-order valence-electron chi connectivity index (χ4n) is 1.18. The highest BCUT2D eigenvalue weighted by Gasteiger charge is 2.12. The standard InChI is InChI=1S/C10H14N2O4S/c1-16-10(13)8-4-3-5-11-9(8)12-6-7-17(2,14)15/h3-5H,6-7H2,1-2H3,(H,11,12). The molecular weight excluding hydrogens is 244 g/mol. The molecule has 1 aromatic rings. The van der Waals surface area contributed by atoms with Crippen LogP contribution in [0.15, 0.2) is 18.3 Å². The van der Waals surface area contributed by atoms with E-state index in [-0.39, 0.29) is 17.9 Å². The molecule has 6 nitrogen and oxygen atoms in total.